The van der Waals surface area contributed by atoms with Crippen molar-refractivity contribution in [3.63, 3.8) is 0 Å². The van der Waals surface area contributed by atoms with Crippen LogP contribution >= 0.6 is 0 Å². The van der Waals surface area contributed by atoms with Crippen LogP contribution in [0.2, 0.25) is 0 Å². The Morgan fingerprint density at radius 1 is 1.50 bits per heavy atom. The van der Waals surface area contributed by atoms with E-state index in [2.05, 4.69) is 5.10 Å². The molecule has 2 heterocycles. The third-order valence-electron chi connectivity index (χ3n) is 3.53. The third kappa shape index (κ3) is 2.23. The van der Waals surface area contributed by atoms with Gasteiger partial charge in [0.25, 0.3) is 5.91 Å². The second-order valence-corrected chi connectivity index (χ2v) is 4.75. The van der Waals surface area contributed by atoms with E-state index in [1.54, 1.807) is 28.9 Å². The SMILES string of the molecule is CC1CC(C(=O)O)CCN1C(=O)c1ccnn1C. The molecule has 1 aromatic rings. The third-order valence-corrected chi connectivity index (χ3v) is 3.53. The van der Waals surface area contributed by atoms with E-state index in [9.17, 15) is 9.59 Å². The molecule has 6 nitrogen and oxygen atoms in total. The molecule has 0 aliphatic carbocycles. The first kappa shape index (κ1) is 12.6. The van der Waals surface area contributed by atoms with Crippen molar-refractivity contribution < 1.29 is 14.7 Å². The molecule has 1 aromatic heterocycles. The van der Waals surface area contributed by atoms with Crippen molar-refractivity contribution in [1.29, 1.82) is 0 Å². The van der Waals surface area contributed by atoms with Crippen LogP contribution in [-0.2, 0) is 11.8 Å². The van der Waals surface area contributed by atoms with Crippen molar-refractivity contribution in [1.82, 2.24) is 14.7 Å². The zero-order valence-corrected chi connectivity index (χ0v) is 10.5. The molecule has 2 rings (SSSR count). The van der Waals surface area contributed by atoms with E-state index in [4.69, 9.17) is 5.11 Å². The highest BCUT2D eigenvalue weighted by Crippen LogP contribution is 2.24. The number of carboxylic acids is 1. The van der Waals surface area contributed by atoms with Gasteiger partial charge in [-0.3, -0.25) is 14.3 Å². The van der Waals surface area contributed by atoms with E-state index >= 15 is 0 Å². The molecule has 1 aliphatic heterocycles. The van der Waals surface area contributed by atoms with Gasteiger partial charge in [0, 0.05) is 25.8 Å². The molecule has 1 aliphatic rings. The Hall–Kier alpha value is -1.85. The van der Waals surface area contributed by atoms with Crippen LogP contribution in [0.5, 0.6) is 0 Å². The van der Waals surface area contributed by atoms with Crippen LogP contribution in [-0.4, -0.2) is 44.3 Å². The monoisotopic (exact) mass is 251 g/mol. The molecule has 0 bridgehead atoms. The van der Waals surface area contributed by atoms with Crippen LogP contribution < -0.4 is 0 Å². The summed E-state index contributed by atoms with van der Waals surface area (Å²) in [6.07, 6.45) is 2.62. The average molecular weight is 251 g/mol. The predicted octanol–water partition coefficient (Wildman–Crippen LogP) is 0.745. The Morgan fingerprint density at radius 2 is 2.22 bits per heavy atom. The van der Waals surface area contributed by atoms with Gasteiger partial charge in [0.05, 0.1) is 5.92 Å². The molecule has 6 heteroatoms. The standard InChI is InChI=1S/C12H17N3O3/c1-8-7-9(12(17)18)4-6-15(8)11(16)10-3-5-13-14(10)2/h3,5,8-9H,4,6-7H2,1-2H3,(H,17,18). The summed E-state index contributed by atoms with van der Waals surface area (Å²) in [5, 5.41) is 13.0. The molecule has 2 unspecified atom stereocenters. The number of aliphatic carboxylic acids is 1. The maximum Gasteiger partial charge on any atom is 0.306 e. The summed E-state index contributed by atoms with van der Waals surface area (Å²) in [5.74, 6) is -1.18. The number of piperidine rings is 1. The Bertz CT molecular complexity index is 469. The lowest BCUT2D eigenvalue weighted by molar-refractivity contribution is -0.143. The average Bonchev–Trinajstić information content (AvgIpc) is 2.74. The van der Waals surface area contributed by atoms with Gasteiger partial charge in [-0.25, -0.2) is 0 Å². The van der Waals surface area contributed by atoms with E-state index < -0.39 is 5.97 Å². The molecule has 2 atom stereocenters. The Labute approximate surface area is 105 Å². The highest BCUT2D eigenvalue weighted by Gasteiger charge is 2.33. The van der Waals surface area contributed by atoms with E-state index in [0.717, 1.165) is 0 Å². The van der Waals surface area contributed by atoms with Gasteiger partial charge in [-0.2, -0.15) is 5.10 Å². The van der Waals surface area contributed by atoms with Gasteiger partial charge in [0.2, 0.25) is 0 Å². The number of carbonyl (C=O) groups excluding carboxylic acids is 1. The number of aryl methyl sites for hydroxylation is 1. The summed E-state index contributed by atoms with van der Waals surface area (Å²) < 4.78 is 1.54. The fourth-order valence-corrected chi connectivity index (χ4v) is 2.43. The first-order chi connectivity index (χ1) is 8.50. The zero-order valence-electron chi connectivity index (χ0n) is 10.5. The molecule has 1 saturated heterocycles. The van der Waals surface area contributed by atoms with E-state index in [0.29, 0.717) is 25.1 Å². The van der Waals surface area contributed by atoms with Gasteiger partial charge in [-0.1, -0.05) is 0 Å². The van der Waals surface area contributed by atoms with Crippen molar-refractivity contribution >= 4 is 11.9 Å². The molecule has 0 saturated carbocycles. The van der Waals surface area contributed by atoms with Crippen LogP contribution in [0.25, 0.3) is 0 Å². The number of rotatable bonds is 2. The van der Waals surface area contributed by atoms with Crippen molar-refractivity contribution in [3.8, 4) is 0 Å². The molecule has 1 fully saturated rings. The fraction of sp³-hybridized carbons (Fsp3) is 0.583. The van der Waals surface area contributed by atoms with Gasteiger partial charge in [0.15, 0.2) is 0 Å². The van der Waals surface area contributed by atoms with Crippen molar-refractivity contribution in [2.45, 2.75) is 25.8 Å². The maximum atomic E-state index is 12.3. The summed E-state index contributed by atoms with van der Waals surface area (Å²) in [5.41, 5.74) is 0.538. The van der Waals surface area contributed by atoms with Crippen molar-refractivity contribution in [2.24, 2.45) is 13.0 Å². The summed E-state index contributed by atoms with van der Waals surface area (Å²) in [7, 11) is 1.72. The number of carbonyl (C=O) groups is 2. The lowest BCUT2D eigenvalue weighted by Gasteiger charge is -2.36. The Balaban J connectivity index is 2.10. The minimum atomic E-state index is -0.769. The summed E-state index contributed by atoms with van der Waals surface area (Å²) >= 11 is 0. The molecule has 0 aromatic carbocycles. The van der Waals surface area contributed by atoms with Crippen LogP contribution in [0.1, 0.15) is 30.3 Å². The van der Waals surface area contributed by atoms with Crippen LogP contribution in [0.4, 0.5) is 0 Å². The molecule has 98 valence electrons. The molecule has 0 radical (unpaired) electrons. The van der Waals surface area contributed by atoms with E-state index in [-0.39, 0.29) is 17.9 Å². The number of amides is 1. The number of nitrogens with zero attached hydrogens (tertiary/aromatic N) is 3. The number of hydrogen-bond donors (Lipinski definition) is 1. The van der Waals surface area contributed by atoms with Crippen LogP contribution in [0, 0.1) is 5.92 Å². The van der Waals surface area contributed by atoms with Crippen LogP contribution in [0.15, 0.2) is 12.3 Å². The number of hydrogen-bond acceptors (Lipinski definition) is 3. The normalized spacial score (nSPS) is 24.0. The second kappa shape index (κ2) is 4.80. The lowest BCUT2D eigenvalue weighted by atomic mass is 9.91. The number of aromatic nitrogens is 2. The van der Waals surface area contributed by atoms with Crippen molar-refractivity contribution in [2.75, 3.05) is 6.54 Å². The maximum absolute atomic E-state index is 12.3. The number of carboxylic acid groups (broad SMARTS) is 1. The fourth-order valence-electron chi connectivity index (χ4n) is 2.43. The molecular formula is C12H17N3O3. The van der Waals surface area contributed by atoms with Gasteiger partial charge in [0.1, 0.15) is 5.69 Å². The van der Waals surface area contributed by atoms with Gasteiger partial charge in [-0.05, 0) is 25.8 Å². The Kier molecular flexibility index (Phi) is 3.36. The summed E-state index contributed by atoms with van der Waals surface area (Å²) in [6, 6.07) is 1.63. The lowest BCUT2D eigenvalue weighted by Crippen LogP contribution is -2.46. The largest absolute Gasteiger partial charge is 0.481 e. The van der Waals surface area contributed by atoms with Gasteiger partial charge in [-0.15, -0.1) is 0 Å². The van der Waals surface area contributed by atoms with Crippen molar-refractivity contribution in [3.05, 3.63) is 18.0 Å². The first-order valence-electron chi connectivity index (χ1n) is 6.02. The summed E-state index contributed by atoms with van der Waals surface area (Å²) in [4.78, 5) is 25.0. The smallest absolute Gasteiger partial charge is 0.306 e. The topological polar surface area (TPSA) is 75.4 Å². The highest BCUT2D eigenvalue weighted by molar-refractivity contribution is 5.92. The quantitative estimate of drug-likeness (QED) is 0.841. The van der Waals surface area contributed by atoms with Gasteiger partial charge < -0.3 is 10.0 Å². The van der Waals surface area contributed by atoms with Gasteiger partial charge >= 0.3 is 5.97 Å². The van der Waals surface area contributed by atoms with E-state index in [1.807, 2.05) is 6.92 Å². The predicted molar refractivity (Wildman–Crippen MR) is 64.1 cm³/mol. The Morgan fingerprint density at radius 3 is 2.72 bits per heavy atom. The molecule has 1 N–H and O–H groups in total. The molecule has 0 spiro atoms. The summed E-state index contributed by atoms with van der Waals surface area (Å²) in [6.45, 7) is 2.38. The number of likely N-dealkylation sites (tertiary alicyclic amines) is 1. The highest BCUT2D eigenvalue weighted by atomic mass is 16.4. The molecule has 1 amide bonds. The second-order valence-electron chi connectivity index (χ2n) is 4.75. The minimum absolute atomic E-state index is 0.0535. The molecule has 18 heavy (non-hydrogen) atoms. The first-order valence-corrected chi connectivity index (χ1v) is 6.02. The molecular weight excluding hydrogens is 234 g/mol. The van der Waals surface area contributed by atoms with Crippen LogP contribution in [0.3, 0.4) is 0 Å². The minimum Gasteiger partial charge on any atom is -0.481 e. The zero-order chi connectivity index (χ0) is 13.3. The van der Waals surface area contributed by atoms with E-state index in [1.165, 1.54) is 0 Å².